The van der Waals surface area contributed by atoms with E-state index in [0.29, 0.717) is 19.7 Å². The SMILES string of the molecule is COCCN(CCCN)C(=O)C1CC1(C)C. The molecule has 0 bridgehead atoms. The van der Waals surface area contributed by atoms with Crippen LogP contribution in [0.5, 0.6) is 0 Å². The molecule has 1 aliphatic carbocycles. The van der Waals surface area contributed by atoms with E-state index in [2.05, 4.69) is 13.8 Å². The number of rotatable bonds is 7. The van der Waals surface area contributed by atoms with Crippen molar-refractivity contribution in [3.05, 3.63) is 0 Å². The van der Waals surface area contributed by atoms with Crippen LogP contribution < -0.4 is 5.73 Å². The fourth-order valence-electron chi connectivity index (χ4n) is 1.92. The van der Waals surface area contributed by atoms with Crippen molar-refractivity contribution in [2.45, 2.75) is 26.7 Å². The lowest BCUT2D eigenvalue weighted by molar-refractivity contribution is -0.134. The van der Waals surface area contributed by atoms with E-state index in [9.17, 15) is 4.79 Å². The number of hydrogen-bond donors (Lipinski definition) is 1. The molecule has 0 aliphatic heterocycles. The lowest BCUT2D eigenvalue weighted by Crippen LogP contribution is -2.37. The summed E-state index contributed by atoms with van der Waals surface area (Å²) in [5.74, 6) is 0.484. The lowest BCUT2D eigenvalue weighted by Gasteiger charge is -2.23. The Morgan fingerprint density at radius 1 is 1.50 bits per heavy atom. The first kappa shape index (κ1) is 13.5. The molecule has 1 rings (SSSR count). The van der Waals surface area contributed by atoms with Crippen LogP contribution in [0.2, 0.25) is 0 Å². The highest BCUT2D eigenvalue weighted by atomic mass is 16.5. The summed E-state index contributed by atoms with van der Waals surface area (Å²) in [6.07, 6.45) is 1.88. The van der Waals surface area contributed by atoms with E-state index in [-0.39, 0.29) is 17.2 Å². The first-order valence-electron chi connectivity index (χ1n) is 6.00. The standard InChI is InChI=1S/C12H24N2O2/c1-12(2)9-10(12)11(15)14(6-4-5-13)7-8-16-3/h10H,4-9,13H2,1-3H3. The molecule has 0 aromatic rings. The molecule has 4 nitrogen and oxygen atoms in total. The van der Waals surface area contributed by atoms with Crippen LogP contribution in [0.1, 0.15) is 26.7 Å². The van der Waals surface area contributed by atoms with Crippen LogP contribution in [-0.4, -0.2) is 44.2 Å². The second kappa shape index (κ2) is 5.64. The number of carbonyl (C=O) groups is 1. The molecule has 1 atom stereocenters. The number of methoxy groups -OCH3 is 1. The fraction of sp³-hybridized carbons (Fsp3) is 0.917. The molecule has 0 aromatic heterocycles. The van der Waals surface area contributed by atoms with Crippen LogP contribution in [0.4, 0.5) is 0 Å². The maximum absolute atomic E-state index is 12.2. The Morgan fingerprint density at radius 2 is 2.12 bits per heavy atom. The van der Waals surface area contributed by atoms with E-state index in [0.717, 1.165) is 19.4 Å². The molecule has 4 heteroatoms. The molecular formula is C12H24N2O2. The highest BCUT2D eigenvalue weighted by Crippen LogP contribution is 2.52. The highest BCUT2D eigenvalue weighted by molar-refractivity contribution is 5.82. The van der Waals surface area contributed by atoms with Crippen molar-refractivity contribution in [1.82, 2.24) is 4.90 Å². The summed E-state index contributed by atoms with van der Waals surface area (Å²) in [5.41, 5.74) is 5.68. The number of carbonyl (C=O) groups excluding carboxylic acids is 1. The van der Waals surface area contributed by atoms with E-state index in [1.807, 2.05) is 4.90 Å². The number of nitrogens with two attached hydrogens (primary N) is 1. The number of amides is 1. The van der Waals surface area contributed by atoms with Gasteiger partial charge in [0.15, 0.2) is 0 Å². The summed E-state index contributed by atoms with van der Waals surface area (Å²) in [5, 5.41) is 0. The summed E-state index contributed by atoms with van der Waals surface area (Å²) in [6.45, 7) is 6.96. The van der Waals surface area contributed by atoms with Gasteiger partial charge in [-0.2, -0.15) is 0 Å². The van der Waals surface area contributed by atoms with E-state index >= 15 is 0 Å². The van der Waals surface area contributed by atoms with Gasteiger partial charge >= 0.3 is 0 Å². The van der Waals surface area contributed by atoms with Crippen LogP contribution in [0, 0.1) is 11.3 Å². The quantitative estimate of drug-likeness (QED) is 0.703. The maximum Gasteiger partial charge on any atom is 0.226 e. The molecule has 1 unspecified atom stereocenters. The Morgan fingerprint density at radius 3 is 2.56 bits per heavy atom. The van der Waals surface area contributed by atoms with Gasteiger partial charge in [-0.25, -0.2) is 0 Å². The Kier molecular flexibility index (Phi) is 4.74. The summed E-state index contributed by atoms with van der Waals surface area (Å²) < 4.78 is 5.03. The third-order valence-corrected chi connectivity index (χ3v) is 3.32. The van der Waals surface area contributed by atoms with Gasteiger partial charge in [0, 0.05) is 26.1 Å². The number of ether oxygens (including phenoxy) is 1. The topological polar surface area (TPSA) is 55.6 Å². The molecule has 1 aliphatic rings. The predicted octanol–water partition coefficient (Wildman–Crippen LogP) is 0.856. The normalized spacial score (nSPS) is 21.9. The van der Waals surface area contributed by atoms with Crippen molar-refractivity contribution < 1.29 is 9.53 Å². The first-order valence-corrected chi connectivity index (χ1v) is 6.00. The summed E-state index contributed by atoms with van der Waals surface area (Å²) in [7, 11) is 1.66. The summed E-state index contributed by atoms with van der Waals surface area (Å²) >= 11 is 0. The zero-order valence-corrected chi connectivity index (χ0v) is 10.7. The third kappa shape index (κ3) is 3.46. The second-order valence-corrected chi connectivity index (χ2v) is 5.21. The Bertz CT molecular complexity index is 233. The summed E-state index contributed by atoms with van der Waals surface area (Å²) in [6, 6.07) is 0. The molecule has 0 spiro atoms. The van der Waals surface area contributed by atoms with Gasteiger partial charge in [-0.15, -0.1) is 0 Å². The minimum absolute atomic E-state index is 0.200. The van der Waals surface area contributed by atoms with Crippen LogP contribution in [0.25, 0.3) is 0 Å². The zero-order chi connectivity index (χ0) is 12.2. The average molecular weight is 228 g/mol. The van der Waals surface area contributed by atoms with Crippen molar-refractivity contribution in [3.63, 3.8) is 0 Å². The predicted molar refractivity (Wildman–Crippen MR) is 64.0 cm³/mol. The molecule has 0 radical (unpaired) electrons. The van der Waals surface area contributed by atoms with Crippen molar-refractivity contribution in [3.8, 4) is 0 Å². The molecule has 0 saturated heterocycles. The van der Waals surface area contributed by atoms with Crippen molar-refractivity contribution >= 4 is 5.91 Å². The maximum atomic E-state index is 12.2. The van der Waals surface area contributed by atoms with Crippen LogP contribution in [0.15, 0.2) is 0 Å². The van der Waals surface area contributed by atoms with Crippen molar-refractivity contribution in [1.29, 1.82) is 0 Å². The van der Waals surface area contributed by atoms with Crippen LogP contribution in [-0.2, 0) is 9.53 Å². The Labute approximate surface area is 98.1 Å². The highest BCUT2D eigenvalue weighted by Gasteiger charge is 2.51. The zero-order valence-electron chi connectivity index (χ0n) is 10.7. The van der Waals surface area contributed by atoms with E-state index in [1.54, 1.807) is 7.11 Å². The minimum atomic E-state index is 0.200. The molecule has 2 N–H and O–H groups in total. The molecule has 0 aromatic carbocycles. The molecular weight excluding hydrogens is 204 g/mol. The van der Waals surface area contributed by atoms with Gasteiger partial charge in [-0.05, 0) is 24.8 Å². The first-order chi connectivity index (χ1) is 7.53. The second-order valence-electron chi connectivity index (χ2n) is 5.21. The Balaban J connectivity index is 2.44. The lowest BCUT2D eigenvalue weighted by atomic mass is 10.1. The third-order valence-electron chi connectivity index (χ3n) is 3.32. The number of hydrogen-bond acceptors (Lipinski definition) is 3. The fourth-order valence-corrected chi connectivity index (χ4v) is 1.92. The van der Waals surface area contributed by atoms with Gasteiger partial charge in [-0.1, -0.05) is 13.8 Å². The monoisotopic (exact) mass is 228 g/mol. The van der Waals surface area contributed by atoms with Gasteiger partial charge < -0.3 is 15.4 Å². The average Bonchev–Trinajstić information content (AvgIpc) is 2.87. The minimum Gasteiger partial charge on any atom is -0.383 e. The van der Waals surface area contributed by atoms with Crippen LogP contribution in [0.3, 0.4) is 0 Å². The molecule has 1 fully saturated rings. The molecule has 16 heavy (non-hydrogen) atoms. The smallest absolute Gasteiger partial charge is 0.226 e. The van der Waals surface area contributed by atoms with E-state index in [4.69, 9.17) is 10.5 Å². The van der Waals surface area contributed by atoms with Gasteiger partial charge in [0.2, 0.25) is 5.91 Å². The van der Waals surface area contributed by atoms with Gasteiger partial charge in [-0.3, -0.25) is 4.79 Å². The number of nitrogens with zero attached hydrogens (tertiary/aromatic N) is 1. The largest absolute Gasteiger partial charge is 0.383 e. The molecule has 0 heterocycles. The molecule has 1 amide bonds. The Hall–Kier alpha value is -0.610. The van der Waals surface area contributed by atoms with Gasteiger partial charge in [0.05, 0.1) is 6.61 Å². The van der Waals surface area contributed by atoms with Crippen molar-refractivity contribution in [2.24, 2.45) is 17.1 Å². The molecule has 1 saturated carbocycles. The van der Waals surface area contributed by atoms with Gasteiger partial charge in [0.25, 0.3) is 0 Å². The molecule has 94 valence electrons. The van der Waals surface area contributed by atoms with Gasteiger partial charge in [0.1, 0.15) is 0 Å². The van der Waals surface area contributed by atoms with E-state index in [1.165, 1.54) is 0 Å². The van der Waals surface area contributed by atoms with E-state index < -0.39 is 0 Å². The van der Waals surface area contributed by atoms with Crippen molar-refractivity contribution in [2.75, 3.05) is 33.4 Å². The van der Waals surface area contributed by atoms with Crippen LogP contribution >= 0.6 is 0 Å². The summed E-state index contributed by atoms with van der Waals surface area (Å²) in [4.78, 5) is 14.1.